The molecule has 6 heteroatoms. The van der Waals surface area contributed by atoms with E-state index in [1.165, 1.54) is 17.3 Å². The molecule has 2 aromatic rings. The zero-order valence-electron chi connectivity index (χ0n) is 17.9. The lowest BCUT2D eigenvalue weighted by Crippen LogP contribution is -2.35. The van der Waals surface area contributed by atoms with Gasteiger partial charge in [0.1, 0.15) is 5.25 Å². The molecule has 30 heavy (non-hydrogen) atoms. The van der Waals surface area contributed by atoms with Crippen molar-refractivity contribution in [1.29, 1.82) is 0 Å². The van der Waals surface area contributed by atoms with Gasteiger partial charge in [-0.15, -0.1) is 0 Å². The number of thioether (sulfide) groups is 1. The summed E-state index contributed by atoms with van der Waals surface area (Å²) in [7, 11) is 0. The van der Waals surface area contributed by atoms with Gasteiger partial charge in [0.2, 0.25) is 11.8 Å². The molecule has 156 valence electrons. The van der Waals surface area contributed by atoms with E-state index in [0.717, 1.165) is 46.1 Å². The van der Waals surface area contributed by atoms with Crippen LogP contribution in [0.4, 0.5) is 11.4 Å². The van der Waals surface area contributed by atoms with Crippen LogP contribution < -0.4 is 5.32 Å². The molecule has 0 spiro atoms. The lowest BCUT2D eigenvalue weighted by Gasteiger charge is -2.16. The van der Waals surface area contributed by atoms with Crippen LogP contribution in [0.3, 0.4) is 0 Å². The SMILES string of the molecule is Cc1cccc(N=C2S[C@@H](CC(=O)Nc3c(C)cccc3C)C(=O)N2C2CC2)c1C. The third-order valence-corrected chi connectivity index (χ3v) is 6.94. The smallest absolute Gasteiger partial charge is 0.242 e. The van der Waals surface area contributed by atoms with E-state index in [9.17, 15) is 9.59 Å². The molecule has 1 atom stereocenters. The summed E-state index contributed by atoms with van der Waals surface area (Å²) in [6, 6.07) is 12.2. The molecule has 4 rings (SSSR count). The molecule has 1 saturated heterocycles. The number of carbonyl (C=O) groups is 2. The van der Waals surface area contributed by atoms with E-state index in [4.69, 9.17) is 4.99 Å². The number of amides is 2. The number of para-hydroxylation sites is 1. The van der Waals surface area contributed by atoms with Crippen LogP contribution in [0, 0.1) is 27.7 Å². The summed E-state index contributed by atoms with van der Waals surface area (Å²) in [5, 5.41) is 3.30. The molecular weight excluding hydrogens is 394 g/mol. The van der Waals surface area contributed by atoms with Gasteiger partial charge in [-0.2, -0.15) is 0 Å². The number of rotatable bonds is 5. The van der Waals surface area contributed by atoms with Crippen molar-refractivity contribution in [2.75, 3.05) is 5.32 Å². The molecule has 0 bridgehead atoms. The Labute approximate surface area is 182 Å². The quantitative estimate of drug-likeness (QED) is 0.735. The number of carbonyl (C=O) groups excluding carboxylic acids is 2. The van der Waals surface area contributed by atoms with E-state index in [1.54, 1.807) is 0 Å². The van der Waals surface area contributed by atoms with E-state index in [2.05, 4.69) is 18.3 Å². The van der Waals surface area contributed by atoms with Gasteiger partial charge in [0.05, 0.1) is 5.69 Å². The van der Waals surface area contributed by atoms with Crippen LogP contribution in [0.25, 0.3) is 0 Å². The predicted molar refractivity (Wildman–Crippen MR) is 123 cm³/mol. The minimum Gasteiger partial charge on any atom is -0.326 e. The Morgan fingerprint density at radius 2 is 1.70 bits per heavy atom. The van der Waals surface area contributed by atoms with Crippen LogP contribution in [-0.2, 0) is 9.59 Å². The van der Waals surface area contributed by atoms with Crippen molar-refractivity contribution >= 4 is 40.1 Å². The number of nitrogens with zero attached hydrogens (tertiary/aromatic N) is 2. The Bertz CT molecular complexity index is 1020. The summed E-state index contributed by atoms with van der Waals surface area (Å²) >= 11 is 1.42. The van der Waals surface area contributed by atoms with E-state index in [1.807, 2.05) is 56.0 Å². The lowest BCUT2D eigenvalue weighted by atomic mass is 10.1. The van der Waals surface area contributed by atoms with E-state index >= 15 is 0 Å². The predicted octanol–water partition coefficient (Wildman–Crippen LogP) is 5.04. The molecule has 1 N–H and O–H groups in total. The lowest BCUT2D eigenvalue weighted by molar-refractivity contribution is -0.128. The average Bonchev–Trinajstić information content (AvgIpc) is 3.48. The maximum Gasteiger partial charge on any atom is 0.242 e. The molecule has 5 nitrogen and oxygen atoms in total. The van der Waals surface area contributed by atoms with E-state index in [-0.39, 0.29) is 24.3 Å². The van der Waals surface area contributed by atoms with Crippen molar-refractivity contribution in [3.63, 3.8) is 0 Å². The molecule has 0 unspecified atom stereocenters. The van der Waals surface area contributed by atoms with Crippen molar-refractivity contribution in [3.8, 4) is 0 Å². The summed E-state index contributed by atoms with van der Waals surface area (Å²) < 4.78 is 0. The molecular formula is C24H27N3O2S. The summed E-state index contributed by atoms with van der Waals surface area (Å²) in [6.07, 6.45) is 2.14. The van der Waals surface area contributed by atoms with Crippen molar-refractivity contribution in [2.45, 2.75) is 58.2 Å². The first-order chi connectivity index (χ1) is 14.3. The van der Waals surface area contributed by atoms with Crippen LogP contribution in [0.1, 0.15) is 41.5 Å². The van der Waals surface area contributed by atoms with E-state index < -0.39 is 5.25 Å². The number of amidine groups is 1. The Hall–Kier alpha value is -2.60. The fourth-order valence-corrected chi connectivity index (χ4v) is 4.90. The molecule has 2 aliphatic rings. The molecule has 2 amide bonds. The first kappa shape index (κ1) is 20.7. The summed E-state index contributed by atoms with van der Waals surface area (Å²) in [6.45, 7) is 8.06. The number of nitrogens with one attached hydrogen (secondary N) is 1. The first-order valence-electron chi connectivity index (χ1n) is 10.4. The van der Waals surface area contributed by atoms with Crippen molar-refractivity contribution < 1.29 is 9.59 Å². The third-order valence-electron chi connectivity index (χ3n) is 5.79. The van der Waals surface area contributed by atoms with Gasteiger partial charge in [-0.3, -0.25) is 14.5 Å². The molecule has 1 aliphatic carbocycles. The zero-order valence-corrected chi connectivity index (χ0v) is 18.7. The average molecular weight is 422 g/mol. The number of anilines is 1. The molecule has 1 heterocycles. The second-order valence-electron chi connectivity index (χ2n) is 8.18. The Morgan fingerprint density at radius 3 is 2.37 bits per heavy atom. The van der Waals surface area contributed by atoms with Crippen molar-refractivity contribution in [2.24, 2.45) is 4.99 Å². The first-order valence-corrected chi connectivity index (χ1v) is 11.2. The highest BCUT2D eigenvalue weighted by Gasteiger charge is 2.46. The molecule has 0 radical (unpaired) electrons. The van der Waals surface area contributed by atoms with Crippen LogP contribution in [0.15, 0.2) is 41.4 Å². The molecule has 1 aliphatic heterocycles. The van der Waals surface area contributed by atoms with Crippen LogP contribution in [0.2, 0.25) is 0 Å². The van der Waals surface area contributed by atoms with Crippen molar-refractivity contribution in [1.82, 2.24) is 4.90 Å². The van der Waals surface area contributed by atoms with Gasteiger partial charge in [-0.25, -0.2) is 4.99 Å². The highest BCUT2D eigenvalue weighted by molar-refractivity contribution is 8.15. The summed E-state index contributed by atoms with van der Waals surface area (Å²) in [5.41, 5.74) is 6.05. The minimum absolute atomic E-state index is 0.00297. The maximum atomic E-state index is 13.1. The maximum absolute atomic E-state index is 13.1. The topological polar surface area (TPSA) is 61.8 Å². The van der Waals surface area contributed by atoms with Crippen LogP contribution in [0.5, 0.6) is 0 Å². The van der Waals surface area contributed by atoms with Crippen LogP contribution in [-0.4, -0.2) is 33.2 Å². The van der Waals surface area contributed by atoms with Crippen molar-refractivity contribution in [3.05, 3.63) is 58.7 Å². The van der Waals surface area contributed by atoms with Gasteiger partial charge in [-0.05, 0) is 68.9 Å². The molecule has 0 aromatic heterocycles. The fraction of sp³-hybridized carbons (Fsp3) is 0.375. The number of hydrogen-bond acceptors (Lipinski definition) is 4. The van der Waals surface area contributed by atoms with E-state index in [0.29, 0.717) is 0 Å². The highest BCUT2D eigenvalue weighted by Crippen LogP contribution is 2.40. The standard InChI is InChI=1S/C24H27N3O2S/c1-14-7-6-10-19(17(14)4)25-24-27(18-11-12-18)23(29)20(30-24)13-21(28)26-22-15(2)8-5-9-16(22)3/h5-10,18,20H,11-13H2,1-4H3,(H,26,28)/t20-/m0/s1. The summed E-state index contributed by atoms with van der Waals surface area (Å²) in [4.78, 5) is 32.5. The minimum atomic E-state index is -0.432. The Kier molecular flexibility index (Phi) is 5.69. The molecule has 2 aromatic carbocycles. The summed E-state index contributed by atoms with van der Waals surface area (Å²) in [5.74, 6) is -0.134. The van der Waals surface area contributed by atoms with Gasteiger partial charge >= 0.3 is 0 Å². The molecule has 2 fully saturated rings. The second kappa shape index (κ2) is 8.26. The monoisotopic (exact) mass is 421 g/mol. The number of aryl methyl sites for hydroxylation is 3. The van der Waals surface area contributed by atoms with Gasteiger partial charge in [0.15, 0.2) is 5.17 Å². The Morgan fingerprint density at radius 1 is 1.07 bits per heavy atom. The number of hydrogen-bond donors (Lipinski definition) is 1. The van der Waals surface area contributed by atoms with Gasteiger partial charge in [-0.1, -0.05) is 42.1 Å². The second-order valence-corrected chi connectivity index (χ2v) is 9.35. The van der Waals surface area contributed by atoms with Gasteiger partial charge in [0, 0.05) is 18.2 Å². The normalized spacial score (nSPS) is 20.1. The largest absolute Gasteiger partial charge is 0.326 e. The fourth-order valence-electron chi connectivity index (χ4n) is 3.69. The van der Waals surface area contributed by atoms with Crippen LogP contribution >= 0.6 is 11.8 Å². The number of aliphatic imine (C=N–C) groups is 1. The number of benzene rings is 2. The zero-order chi connectivity index (χ0) is 21.4. The molecule has 1 saturated carbocycles. The third kappa shape index (κ3) is 4.15. The Balaban J connectivity index is 1.54. The van der Waals surface area contributed by atoms with Gasteiger partial charge in [0.25, 0.3) is 0 Å². The van der Waals surface area contributed by atoms with Gasteiger partial charge < -0.3 is 5.32 Å². The highest BCUT2D eigenvalue weighted by atomic mass is 32.2.